The predicted octanol–water partition coefficient (Wildman–Crippen LogP) is 2.46. The first-order valence-corrected chi connectivity index (χ1v) is 8.61. The first-order valence-electron chi connectivity index (χ1n) is 3.47. The average molecular weight is 196 g/mol. The van der Waals surface area contributed by atoms with Gasteiger partial charge in [-0.25, -0.2) is 4.52 Å². The van der Waals surface area contributed by atoms with Gasteiger partial charge in [0.05, 0.1) is 0 Å². The lowest BCUT2D eigenvalue weighted by molar-refractivity contribution is 0.583. The lowest BCUT2D eigenvalue weighted by atomic mass is 11.3. The first kappa shape index (κ1) is 11.4. The van der Waals surface area contributed by atoms with Crippen LogP contribution in [0.2, 0.25) is 0 Å². The maximum absolute atomic E-state index is 11.4. The Labute approximate surface area is 69.7 Å². The maximum Gasteiger partial charge on any atom is 0.184 e. The van der Waals surface area contributed by atoms with Crippen LogP contribution in [0.5, 0.6) is 0 Å². The van der Waals surface area contributed by atoms with E-state index in [2.05, 4.69) is 22.5 Å². The number of rotatable bonds is 2. The molecular formula is C6H18N2OP2. The van der Waals surface area contributed by atoms with Crippen molar-refractivity contribution in [2.45, 2.75) is 0 Å². The highest BCUT2D eigenvalue weighted by Gasteiger charge is 2.13. The summed E-state index contributed by atoms with van der Waals surface area (Å²) in [7, 11) is 0.309. The van der Waals surface area contributed by atoms with E-state index in [0.717, 1.165) is 0 Å². The van der Waals surface area contributed by atoms with Crippen LogP contribution in [0.4, 0.5) is 0 Å². The minimum atomic E-state index is -2.21. The summed E-state index contributed by atoms with van der Waals surface area (Å²) >= 11 is 0. The van der Waals surface area contributed by atoms with Crippen molar-refractivity contribution in [2.75, 3.05) is 40.8 Å². The molecule has 0 radical (unpaired) electrons. The van der Waals surface area contributed by atoms with Gasteiger partial charge in [-0.05, 0) is 27.4 Å². The molecule has 68 valence electrons. The van der Waals surface area contributed by atoms with E-state index in [-0.39, 0.29) is 0 Å². The minimum absolute atomic E-state index is 1.44. The summed E-state index contributed by atoms with van der Waals surface area (Å²) in [5.74, 6) is 0. The standard InChI is InChI=1S/C6H18N2OP2/c1-8(2)10(3,4)7-11(5,6)9/h1-6H3. The second-order valence-corrected chi connectivity index (χ2v) is 10.3. The highest BCUT2D eigenvalue weighted by molar-refractivity contribution is 7.73. The van der Waals surface area contributed by atoms with Gasteiger partial charge in [0.25, 0.3) is 0 Å². The molecule has 0 N–H and O–H groups in total. The fourth-order valence-corrected chi connectivity index (χ4v) is 5.46. The van der Waals surface area contributed by atoms with Crippen LogP contribution in [-0.4, -0.2) is 45.4 Å². The van der Waals surface area contributed by atoms with Gasteiger partial charge in [-0.3, -0.25) is 9.24 Å². The summed E-state index contributed by atoms with van der Waals surface area (Å²) in [6.07, 6.45) is 0. The summed E-state index contributed by atoms with van der Waals surface area (Å²) in [5, 5.41) is 0. The van der Waals surface area contributed by atoms with Gasteiger partial charge in [0, 0.05) is 20.5 Å². The average Bonchev–Trinajstić information content (AvgIpc) is 1.56. The molecule has 0 aromatic rings. The summed E-state index contributed by atoms with van der Waals surface area (Å²) in [4.78, 5) is 0. The largest absolute Gasteiger partial charge is 0.299 e. The van der Waals surface area contributed by atoms with Crippen molar-refractivity contribution in [1.82, 2.24) is 4.67 Å². The minimum Gasteiger partial charge on any atom is -0.299 e. The zero-order valence-electron chi connectivity index (χ0n) is 8.20. The van der Waals surface area contributed by atoms with Crippen molar-refractivity contribution in [3.05, 3.63) is 0 Å². The number of hydrogen-bond donors (Lipinski definition) is 0. The molecule has 0 aliphatic carbocycles. The van der Waals surface area contributed by atoms with Gasteiger partial charge in [-0.2, -0.15) is 0 Å². The third kappa shape index (κ3) is 4.79. The van der Waals surface area contributed by atoms with Crippen molar-refractivity contribution in [3.8, 4) is 0 Å². The van der Waals surface area contributed by atoms with E-state index >= 15 is 0 Å². The number of nitrogens with zero attached hydrogens (tertiary/aromatic N) is 2. The monoisotopic (exact) mass is 196 g/mol. The van der Waals surface area contributed by atoms with E-state index in [9.17, 15) is 4.57 Å². The van der Waals surface area contributed by atoms with E-state index in [4.69, 9.17) is 0 Å². The Balaban J connectivity index is 4.83. The topological polar surface area (TPSA) is 32.7 Å². The highest BCUT2D eigenvalue weighted by atomic mass is 31.2. The second kappa shape index (κ2) is 3.43. The lowest BCUT2D eigenvalue weighted by Crippen LogP contribution is -2.05. The molecule has 0 bridgehead atoms. The number of hydrogen-bond acceptors (Lipinski definition) is 1. The van der Waals surface area contributed by atoms with Gasteiger partial charge in [0.15, 0.2) is 7.29 Å². The zero-order valence-corrected chi connectivity index (χ0v) is 9.99. The molecule has 0 rings (SSSR count). The van der Waals surface area contributed by atoms with E-state index < -0.39 is 14.5 Å². The van der Waals surface area contributed by atoms with Crippen LogP contribution in [0.15, 0.2) is 4.52 Å². The molecular weight excluding hydrogens is 178 g/mol. The molecule has 11 heavy (non-hydrogen) atoms. The molecule has 0 aromatic carbocycles. The van der Waals surface area contributed by atoms with E-state index in [1.54, 1.807) is 13.3 Å². The van der Waals surface area contributed by atoms with Gasteiger partial charge >= 0.3 is 0 Å². The maximum atomic E-state index is 11.4. The molecule has 0 atom stereocenters. The fourth-order valence-electron chi connectivity index (χ4n) is 0.607. The molecule has 0 amide bonds. The summed E-state index contributed by atoms with van der Waals surface area (Å²) < 4.78 is 17.8. The summed E-state index contributed by atoms with van der Waals surface area (Å²) in [6, 6.07) is 0. The van der Waals surface area contributed by atoms with Gasteiger partial charge in [-0.1, -0.05) is 0 Å². The van der Waals surface area contributed by atoms with Crippen LogP contribution in [0, 0.1) is 0 Å². The molecule has 5 heteroatoms. The van der Waals surface area contributed by atoms with Crippen LogP contribution in [0.3, 0.4) is 0 Å². The van der Waals surface area contributed by atoms with Gasteiger partial charge in [-0.15, -0.1) is 0 Å². The third-order valence-electron chi connectivity index (χ3n) is 1.41. The van der Waals surface area contributed by atoms with Gasteiger partial charge in [0.1, 0.15) is 0 Å². The molecule has 0 spiro atoms. The molecule has 0 aliphatic heterocycles. The fraction of sp³-hybridized carbons (Fsp3) is 1.00. The molecule has 0 saturated heterocycles. The van der Waals surface area contributed by atoms with Crippen molar-refractivity contribution in [2.24, 2.45) is 4.52 Å². The van der Waals surface area contributed by atoms with Crippen LogP contribution < -0.4 is 0 Å². The lowest BCUT2D eigenvalue weighted by Gasteiger charge is -2.23. The molecule has 0 heterocycles. The SMILES string of the molecule is CN(C)P(C)(C)=NP(C)(C)=O. The van der Waals surface area contributed by atoms with Gasteiger partial charge in [0.2, 0.25) is 0 Å². The predicted molar refractivity (Wildman–Crippen MR) is 54.3 cm³/mol. The third-order valence-corrected chi connectivity index (χ3v) is 6.85. The summed E-state index contributed by atoms with van der Waals surface area (Å²) in [6.45, 7) is 7.54. The van der Waals surface area contributed by atoms with Crippen molar-refractivity contribution >= 4 is 14.5 Å². The smallest absolute Gasteiger partial charge is 0.184 e. The molecule has 0 fully saturated rings. The Bertz CT molecular complexity index is 223. The van der Waals surface area contributed by atoms with Crippen LogP contribution in [0.1, 0.15) is 0 Å². The first-order chi connectivity index (χ1) is 4.65. The zero-order chi connectivity index (χ0) is 9.28. The van der Waals surface area contributed by atoms with Crippen LogP contribution in [-0.2, 0) is 4.57 Å². The van der Waals surface area contributed by atoms with Crippen LogP contribution in [0.25, 0.3) is 0 Å². The molecule has 3 nitrogen and oxygen atoms in total. The van der Waals surface area contributed by atoms with Crippen molar-refractivity contribution < 1.29 is 4.57 Å². The highest BCUT2D eigenvalue weighted by Crippen LogP contribution is 2.54. The molecule has 0 aromatic heterocycles. The van der Waals surface area contributed by atoms with E-state index in [1.807, 2.05) is 14.1 Å². The quantitative estimate of drug-likeness (QED) is 0.635. The summed E-state index contributed by atoms with van der Waals surface area (Å²) in [5.41, 5.74) is 0. The van der Waals surface area contributed by atoms with E-state index in [1.165, 1.54) is 0 Å². The van der Waals surface area contributed by atoms with Gasteiger partial charge < -0.3 is 0 Å². The van der Waals surface area contributed by atoms with E-state index in [0.29, 0.717) is 0 Å². The Morgan fingerprint density at radius 3 is 1.55 bits per heavy atom. The molecule has 0 aliphatic rings. The normalized spacial score (nSPS) is 13.7. The van der Waals surface area contributed by atoms with Crippen molar-refractivity contribution in [1.29, 1.82) is 0 Å². The Morgan fingerprint density at radius 1 is 1.09 bits per heavy atom. The molecule has 0 saturated carbocycles. The van der Waals surface area contributed by atoms with Crippen molar-refractivity contribution in [3.63, 3.8) is 0 Å². The van der Waals surface area contributed by atoms with Crippen LogP contribution >= 0.6 is 14.5 Å². The Morgan fingerprint density at radius 2 is 1.45 bits per heavy atom. The Hall–Kier alpha value is 0.420. The second-order valence-electron chi connectivity index (χ2n) is 3.57. The Kier molecular flexibility index (Phi) is 3.56. The molecule has 0 unspecified atom stereocenters.